The number of aliphatic hydroxyl groups is 1. The van der Waals surface area contributed by atoms with Gasteiger partial charge in [0.2, 0.25) is 5.91 Å². The number of nitrogens with one attached hydrogen (secondary N) is 1. The molecule has 0 saturated heterocycles. The third-order valence-corrected chi connectivity index (χ3v) is 3.28. The number of ether oxygens (including phenoxy) is 1. The molecule has 2 atom stereocenters. The number of benzene rings is 1. The Morgan fingerprint density at radius 2 is 2.10 bits per heavy atom. The number of nitrogens with two attached hydrogens (primary N) is 1. The van der Waals surface area contributed by atoms with Gasteiger partial charge in [0.1, 0.15) is 12.6 Å². The van der Waals surface area contributed by atoms with Gasteiger partial charge in [-0.15, -0.1) is 0 Å². The fraction of sp³-hybridized carbons (Fsp3) is 0.357. The quantitative estimate of drug-likeness (QED) is 0.634. The predicted molar refractivity (Wildman–Crippen MR) is 83.7 cm³/mol. The summed E-state index contributed by atoms with van der Waals surface area (Å²) in [5, 5.41) is 13.0. The van der Waals surface area contributed by atoms with Crippen molar-refractivity contribution in [2.24, 2.45) is 5.73 Å². The molecule has 0 saturated carbocycles. The number of carbonyl (C=O) groups excluding carboxylic acids is 1. The van der Waals surface area contributed by atoms with Crippen LogP contribution in [0.1, 0.15) is 12.5 Å². The van der Waals surface area contributed by atoms with Crippen LogP contribution in [0.2, 0.25) is 10.0 Å². The first-order chi connectivity index (χ1) is 9.86. The largest absolute Gasteiger partial charge is 0.486 e. The molecule has 1 aromatic carbocycles. The van der Waals surface area contributed by atoms with Gasteiger partial charge in [0.05, 0.1) is 16.1 Å². The summed E-state index contributed by atoms with van der Waals surface area (Å²) >= 11 is 12.2. The molecule has 0 aromatic heterocycles. The van der Waals surface area contributed by atoms with Gasteiger partial charge in [-0.1, -0.05) is 35.9 Å². The molecule has 0 heterocycles. The van der Waals surface area contributed by atoms with Crippen LogP contribution in [-0.2, 0) is 11.3 Å². The molecule has 0 aliphatic rings. The van der Waals surface area contributed by atoms with E-state index in [2.05, 4.69) is 11.9 Å². The number of primary amides is 1. The second-order valence-electron chi connectivity index (χ2n) is 4.49. The zero-order valence-corrected chi connectivity index (χ0v) is 13.1. The second kappa shape index (κ2) is 8.24. The van der Waals surface area contributed by atoms with Gasteiger partial charge in [-0.25, -0.2) is 0 Å². The molecule has 21 heavy (non-hydrogen) atoms. The van der Waals surface area contributed by atoms with Crippen LogP contribution in [0.4, 0.5) is 0 Å². The zero-order chi connectivity index (χ0) is 16.0. The minimum Gasteiger partial charge on any atom is -0.486 e. The summed E-state index contributed by atoms with van der Waals surface area (Å²) in [6, 6.07) is 2.48. The molecule has 1 aromatic rings. The number of halogens is 2. The van der Waals surface area contributed by atoms with Crippen LogP contribution < -0.4 is 15.8 Å². The second-order valence-corrected chi connectivity index (χ2v) is 5.30. The van der Waals surface area contributed by atoms with Crippen LogP contribution in [0.3, 0.4) is 0 Å². The maximum Gasteiger partial charge on any atom is 0.237 e. The van der Waals surface area contributed by atoms with Crippen molar-refractivity contribution in [2.75, 3.05) is 6.61 Å². The fourth-order valence-electron chi connectivity index (χ4n) is 1.73. The number of amides is 1. The SMILES string of the molecule is C=CCOc1c(Cl)cc(CNC(C(N)=O)C(C)O)cc1Cl. The minimum absolute atomic E-state index is 0.277. The van der Waals surface area contributed by atoms with E-state index in [0.29, 0.717) is 22.4 Å². The number of rotatable bonds is 8. The summed E-state index contributed by atoms with van der Waals surface area (Å²) < 4.78 is 5.36. The molecule has 0 bridgehead atoms. The molecular weight excluding hydrogens is 315 g/mol. The van der Waals surface area contributed by atoms with Crippen molar-refractivity contribution in [2.45, 2.75) is 25.6 Å². The Kier molecular flexibility index (Phi) is 6.98. The van der Waals surface area contributed by atoms with E-state index in [9.17, 15) is 9.90 Å². The first-order valence-corrected chi connectivity index (χ1v) is 7.04. The van der Waals surface area contributed by atoms with Gasteiger partial charge in [-0.05, 0) is 24.6 Å². The molecule has 1 rings (SSSR count). The van der Waals surface area contributed by atoms with E-state index in [-0.39, 0.29) is 6.54 Å². The van der Waals surface area contributed by atoms with E-state index in [1.807, 2.05) is 0 Å². The fourth-order valence-corrected chi connectivity index (χ4v) is 2.37. The van der Waals surface area contributed by atoms with Gasteiger partial charge in [0.15, 0.2) is 5.75 Å². The Balaban J connectivity index is 2.81. The average molecular weight is 333 g/mol. The Morgan fingerprint density at radius 3 is 2.52 bits per heavy atom. The van der Waals surface area contributed by atoms with E-state index in [4.69, 9.17) is 33.7 Å². The Bertz CT molecular complexity index is 498. The highest BCUT2D eigenvalue weighted by molar-refractivity contribution is 6.37. The number of carbonyl (C=O) groups is 1. The molecule has 0 radical (unpaired) electrons. The molecule has 0 aliphatic heterocycles. The maximum atomic E-state index is 11.2. The van der Waals surface area contributed by atoms with Crippen molar-refractivity contribution in [1.82, 2.24) is 5.32 Å². The van der Waals surface area contributed by atoms with E-state index in [0.717, 1.165) is 5.56 Å². The third kappa shape index (κ3) is 5.21. The molecular formula is C14H18Cl2N2O3. The van der Waals surface area contributed by atoms with E-state index in [1.54, 1.807) is 18.2 Å². The van der Waals surface area contributed by atoms with Crippen molar-refractivity contribution in [3.63, 3.8) is 0 Å². The van der Waals surface area contributed by atoms with Gasteiger partial charge < -0.3 is 15.6 Å². The highest BCUT2D eigenvalue weighted by Crippen LogP contribution is 2.34. The van der Waals surface area contributed by atoms with Crippen LogP contribution in [0, 0.1) is 0 Å². The van der Waals surface area contributed by atoms with Crippen molar-refractivity contribution in [3.8, 4) is 5.75 Å². The lowest BCUT2D eigenvalue weighted by molar-refractivity contribution is -0.122. The van der Waals surface area contributed by atoms with E-state index < -0.39 is 18.1 Å². The van der Waals surface area contributed by atoms with Crippen molar-refractivity contribution < 1.29 is 14.6 Å². The normalized spacial score (nSPS) is 13.5. The Morgan fingerprint density at radius 1 is 1.52 bits per heavy atom. The number of hydrogen-bond donors (Lipinski definition) is 3. The molecule has 0 aliphatic carbocycles. The van der Waals surface area contributed by atoms with Gasteiger partial charge >= 0.3 is 0 Å². The summed E-state index contributed by atoms with van der Waals surface area (Å²) in [5.41, 5.74) is 5.94. The summed E-state index contributed by atoms with van der Waals surface area (Å²) in [5.74, 6) is -0.253. The predicted octanol–water partition coefficient (Wildman–Crippen LogP) is 1.88. The minimum atomic E-state index is -0.899. The van der Waals surface area contributed by atoms with Crippen molar-refractivity contribution in [3.05, 3.63) is 40.4 Å². The Labute approximate surface area is 133 Å². The molecule has 5 nitrogen and oxygen atoms in total. The topological polar surface area (TPSA) is 84.6 Å². The van der Waals surface area contributed by atoms with Crippen LogP contribution in [0.25, 0.3) is 0 Å². The van der Waals surface area contributed by atoms with Crippen LogP contribution in [0.15, 0.2) is 24.8 Å². The molecule has 0 spiro atoms. The standard InChI is InChI=1S/C14H18Cl2N2O3/c1-3-4-21-13-10(15)5-9(6-11(13)16)7-18-12(8(2)19)14(17)20/h3,5-6,8,12,18-19H,1,4,7H2,2H3,(H2,17,20). The molecule has 1 amide bonds. The lowest BCUT2D eigenvalue weighted by Gasteiger charge is -2.18. The van der Waals surface area contributed by atoms with Crippen LogP contribution in [0.5, 0.6) is 5.75 Å². The molecule has 116 valence electrons. The Hall–Kier alpha value is -1.27. The average Bonchev–Trinajstić information content (AvgIpc) is 2.37. The van der Waals surface area contributed by atoms with Crippen LogP contribution >= 0.6 is 23.2 Å². The zero-order valence-electron chi connectivity index (χ0n) is 11.6. The molecule has 7 heteroatoms. The summed E-state index contributed by atoms with van der Waals surface area (Å²) in [7, 11) is 0. The van der Waals surface area contributed by atoms with Crippen molar-refractivity contribution >= 4 is 29.1 Å². The highest BCUT2D eigenvalue weighted by Gasteiger charge is 2.20. The van der Waals surface area contributed by atoms with Gasteiger partial charge in [-0.2, -0.15) is 0 Å². The third-order valence-electron chi connectivity index (χ3n) is 2.72. The van der Waals surface area contributed by atoms with Gasteiger partial charge in [-0.3, -0.25) is 10.1 Å². The monoisotopic (exact) mass is 332 g/mol. The lowest BCUT2D eigenvalue weighted by atomic mass is 10.1. The lowest BCUT2D eigenvalue weighted by Crippen LogP contribution is -2.47. The molecule has 4 N–H and O–H groups in total. The molecule has 2 unspecified atom stereocenters. The first-order valence-electron chi connectivity index (χ1n) is 6.29. The highest BCUT2D eigenvalue weighted by atomic mass is 35.5. The van der Waals surface area contributed by atoms with Crippen LogP contribution in [-0.4, -0.2) is 29.8 Å². The van der Waals surface area contributed by atoms with Crippen molar-refractivity contribution in [1.29, 1.82) is 0 Å². The number of aliphatic hydroxyl groups excluding tert-OH is 1. The van der Waals surface area contributed by atoms with Gasteiger partial charge in [0, 0.05) is 6.54 Å². The first kappa shape index (κ1) is 17.8. The summed E-state index contributed by atoms with van der Waals surface area (Å²) in [4.78, 5) is 11.2. The van der Waals surface area contributed by atoms with E-state index in [1.165, 1.54) is 6.92 Å². The van der Waals surface area contributed by atoms with Gasteiger partial charge in [0.25, 0.3) is 0 Å². The molecule has 0 fully saturated rings. The maximum absolute atomic E-state index is 11.2. The summed E-state index contributed by atoms with van der Waals surface area (Å²) in [6.45, 7) is 5.60. The van der Waals surface area contributed by atoms with E-state index >= 15 is 0 Å². The smallest absolute Gasteiger partial charge is 0.237 e. The summed E-state index contributed by atoms with van der Waals surface area (Å²) in [6.07, 6.45) is 0.686. The number of hydrogen-bond acceptors (Lipinski definition) is 4.